The maximum Gasteiger partial charge on any atom is 0.321 e. The highest BCUT2D eigenvalue weighted by Gasteiger charge is 2.28. The molecule has 2 amide bonds. The van der Waals surface area contributed by atoms with E-state index in [0.29, 0.717) is 35.4 Å². The van der Waals surface area contributed by atoms with Crippen LogP contribution in [-0.4, -0.2) is 35.1 Å². The second kappa shape index (κ2) is 7.94. The number of hydrogen-bond acceptors (Lipinski definition) is 4. The van der Waals surface area contributed by atoms with Gasteiger partial charge in [0.05, 0.1) is 17.8 Å². The number of amides is 2. The summed E-state index contributed by atoms with van der Waals surface area (Å²) < 4.78 is 11.3. The fourth-order valence-electron chi connectivity index (χ4n) is 3.22. The highest BCUT2D eigenvalue weighted by atomic mass is 35.5. The Bertz CT molecular complexity index is 975. The number of oxazole rings is 1. The summed E-state index contributed by atoms with van der Waals surface area (Å²) in [5, 5.41) is 3.52. The van der Waals surface area contributed by atoms with Gasteiger partial charge in [0.15, 0.2) is 0 Å². The van der Waals surface area contributed by atoms with E-state index in [9.17, 15) is 4.79 Å². The van der Waals surface area contributed by atoms with Crippen LogP contribution in [0.2, 0.25) is 5.02 Å². The number of benzene rings is 2. The molecule has 1 atom stereocenters. The molecular weight excluding hydrogens is 378 g/mol. The molecule has 28 heavy (non-hydrogen) atoms. The molecule has 1 saturated heterocycles. The van der Waals surface area contributed by atoms with Crippen molar-refractivity contribution in [2.45, 2.75) is 19.4 Å². The number of nitrogens with zero attached hydrogens (tertiary/aromatic N) is 2. The van der Waals surface area contributed by atoms with Crippen molar-refractivity contribution in [3.63, 3.8) is 0 Å². The van der Waals surface area contributed by atoms with Gasteiger partial charge in [-0.2, -0.15) is 0 Å². The number of aromatic nitrogens is 1. The van der Waals surface area contributed by atoms with Gasteiger partial charge in [0, 0.05) is 24.2 Å². The number of nitrogens with one attached hydrogen (secondary N) is 1. The summed E-state index contributed by atoms with van der Waals surface area (Å²) >= 11 is 6.15. The molecule has 0 bridgehead atoms. The molecule has 144 valence electrons. The minimum atomic E-state index is -0.160. The topological polar surface area (TPSA) is 67.6 Å². The lowest BCUT2D eigenvalue weighted by atomic mass is 10.1. The van der Waals surface area contributed by atoms with Crippen molar-refractivity contribution in [1.29, 1.82) is 0 Å². The van der Waals surface area contributed by atoms with Crippen LogP contribution in [0.5, 0.6) is 5.75 Å². The Morgan fingerprint density at radius 3 is 2.96 bits per heavy atom. The van der Waals surface area contributed by atoms with Gasteiger partial charge >= 0.3 is 6.03 Å². The molecule has 0 spiro atoms. The Hall–Kier alpha value is -2.99. The van der Waals surface area contributed by atoms with Gasteiger partial charge in [-0.25, -0.2) is 9.78 Å². The molecule has 2 heterocycles. The van der Waals surface area contributed by atoms with Gasteiger partial charge in [-0.15, -0.1) is 0 Å². The van der Waals surface area contributed by atoms with Gasteiger partial charge in [0.25, 0.3) is 0 Å². The van der Waals surface area contributed by atoms with Crippen LogP contribution in [0, 0.1) is 6.92 Å². The first-order valence-corrected chi connectivity index (χ1v) is 9.45. The first kappa shape index (κ1) is 18.4. The second-order valence-corrected chi connectivity index (χ2v) is 7.11. The monoisotopic (exact) mass is 397 g/mol. The summed E-state index contributed by atoms with van der Waals surface area (Å²) in [4.78, 5) is 18.6. The van der Waals surface area contributed by atoms with Crippen LogP contribution in [0.1, 0.15) is 12.0 Å². The van der Waals surface area contributed by atoms with Gasteiger partial charge < -0.3 is 19.4 Å². The van der Waals surface area contributed by atoms with Crippen LogP contribution in [0.4, 0.5) is 10.5 Å². The third-order valence-electron chi connectivity index (χ3n) is 4.71. The summed E-state index contributed by atoms with van der Waals surface area (Å²) in [7, 11) is 0. The third kappa shape index (κ3) is 3.97. The number of ether oxygens (including phenoxy) is 1. The van der Waals surface area contributed by atoms with Crippen LogP contribution >= 0.6 is 11.6 Å². The van der Waals surface area contributed by atoms with Crippen molar-refractivity contribution in [2.75, 3.05) is 18.4 Å². The minimum Gasteiger partial charge on any atom is -0.487 e. The van der Waals surface area contributed by atoms with Crippen LogP contribution < -0.4 is 10.1 Å². The van der Waals surface area contributed by atoms with Crippen molar-refractivity contribution < 1.29 is 13.9 Å². The largest absolute Gasteiger partial charge is 0.487 e. The number of aryl methyl sites for hydroxylation is 1. The molecular formula is C21H20ClN3O3. The zero-order valence-corrected chi connectivity index (χ0v) is 16.1. The zero-order valence-electron chi connectivity index (χ0n) is 15.4. The quantitative estimate of drug-likeness (QED) is 0.673. The number of anilines is 1. The highest BCUT2D eigenvalue weighted by molar-refractivity contribution is 6.32. The lowest BCUT2D eigenvalue weighted by Crippen LogP contribution is -2.34. The van der Waals surface area contributed by atoms with Crippen molar-refractivity contribution in [1.82, 2.24) is 9.88 Å². The van der Waals surface area contributed by atoms with E-state index in [4.69, 9.17) is 20.8 Å². The van der Waals surface area contributed by atoms with Crippen molar-refractivity contribution in [2.24, 2.45) is 0 Å². The van der Waals surface area contributed by atoms with E-state index < -0.39 is 0 Å². The number of carbonyl (C=O) groups is 1. The maximum absolute atomic E-state index is 12.7. The molecule has 1 aromatic heterocycles. The average molecular weight is 398 g/mol. The molecule has 6 nitrogen and oxygen atoms in total. The van der Waals surface area contributed by atoms with Crippen LogP contribution in [0.25, 0.3) is 11.5 Å². The Morgan fingerprint density at radius 1 is 1.32 bits per heavy atom. The second-order valence-electron chi connectivity index (χ2n) is 6.70. The van der Waals surface area contributed by atoms with E-state index in [1.807, 2.05) is 43.3 Å². The molecule has 0 saturated carbocycles. The molecule has 7 heteroatoms. The predicted octanol–water partition coefficient (Wildman–Crippen LogP) is 4.99. The Kier molecular flexibility index (Phi) is 5.21. The van der Waals surface area contributed by atoms with E-state index in [1.165, 1.54) is 6.26 Å². The lowest BCUT2D eigenvalue weighted by molar-refractivity contribution is 0.195. The molecule has 1 aliphatic heterocycles. The highest BCUT2D eigenvalue weighted by Crippen LogP contribution is 2.28. The van der Waals surface area contributed by atoms with Crippen molar-refractivity contribution in [3.8, 4) is 17.2 Å². The van der Waals surface area contributed by atoms with Gasteiger partial charge in [-0.05, 0) is 36.8 Å². The molecule has 2 aromatic carbocycles. The van der Waals surface area contributed by atoms with E-state index in [-0.39, 0.29) is 12.1 Å². The van der Waals surface area contributed by atoms with Crippen molar-refractivity contribution in [3.05, 3.63) is 65.5 Å². The lowest BCUT2D eigenvalue weighted by Gasteiger charge is -2.18. The van der Waals surface area contributed by atoms with E-state index >= 15 is 0 Å². The molecule has 4 rings (SSSR count). The van der Waals surface area contributed by atoms with E-state index in [0.717, 1.165) is 17.5 Å². The number of rotatable bonds is 4. The number of urea groups is 1. The standard InChI is InChI=1S/C21H20ClN3O3/c1-14-6-7-15(12-17(14)20-23-9-11-27-20)24-21(26)25-10-8-16(13-25)28-19-5-3-2-4-18(19)22/h2-7,9,11-12,16H,8,10,13H2,1H3,(H,24,26). The predicted molar refractivity (Wildman–Crippen MR) is 108 cm³/mol. The average Bonchev–Trinajstić information content (AvgIpc) is 3.37. The number of likely N-dealkylation sites (tertiary alicyclic amines) is 1. The normalized spacial score (nSPS) is 16.2. The first-order valence-electron chi connectivity index (χ1n) is 9.08. The first-order chi connectivity index (χ1) is 13.6. The smallest absolute Gasteiger partial charge is 0.321 e. The third-order valence-corrected chi connectivity index (χ3v) is 5.03. The van der Waals surface area contributed by atoms with E-state index in [2.05, 4.69) is 10.3 Å². The van der Waals surface area contributed by atoms with Gasteiger partial charge in [0.1, 0.15) is 18.1 Å². The Labute approximate surface area is 168 Å². The summed E-state index contributed by atoms with van der Waals surface area (Å²) in [6.45, 7) is 3.11. The Morgan fingerprint density at radius 2 is 2.18 bits per heavy atom. The number of hydrogen-bond donors (Lipinski definition) is 1. The van der Waals surface area contributed by atoms with E-state index in [1.54, 1.807) is 17.2 Å². The number of halogens is 1. The van der Waals surface area contributed by atoms with Crippen LogP contribution in [0.3, 0.4) is 0 Å². The van der Waals surface area contributed by atoms with Gasteiger partial charge in [-0.3, -0.25) is 0 Å². The molecule has 1 N–H and O–H groups in total. The number of para-hydroxylation sites is 1. The minimum absolute atomic E-state index is 0.0773. The Balaban J connectivity index is 1.40. The molecule has 1 fully saturated rings. The van der Waals surface area contributed by atoms with Gasteiger partial charge in [0.2, 0.25) is 5.89 Å². The van der Waals surface area contributed by atoms with Crippen LogP contribution in [-0.2, 0) is 0 Å². The summed E-state index contributed by atoms with van der Waals surface area (Å²) in [5.41, 5.74) is 2.57. The molecule has 0 radical (unpaired) electrons. The van der Waals surface area contributed by atoms with Crippen molar-refractivity contribution >= 4 is 23.3 Å². The fourth-order valence-corrected chi connectivity index (χ4v) is 3.40. The van der Waals surface area contributed by atoms with Gasteiger partial charge in [-0.1, -0.05) is 29.8 Å². The maximum atomic E-state index is 12.7. The molecule has 3 aromatic rings. The van der Waals surface area contributed by atoms with Crippen LogP contribution in [0.15, 0.2) is 59.3 Å². The number of carbonyl (C=O) groups excluding carboxylic acids is 1. The fraction of sp³-hybridized carbons (Fsp3) is 0.238. The zero-order chi connectivity index (χ0) is 19.5. The SMILES string of the molecule is Cc1ccc(NC(=O)N2CCC(Oc3ccccc3Cl)C2)cc1-c1ncco1. The molecule has 1 aliphatic rings. The summed E-state index contributed by atoms with van der Waals surface area (Å²) in [6.07, 6.45) is 3.81. The summed E-state index contributed by atoms with van der Waals surface area (Å²) in [6, 6.07) is 12.9. The molecule has 0 aliphatic carbocycles. The molecule has 1 unspecified atom stereocenters. The summed E-state index contributed by atoms with van der Waals surface area (Å²) in [5.74, 6) is 1.17.